The molecule has 0 saturated heterocycles. The van der Waals surface area contributed by atoms with Crippen LogP contribution < -0.4 is 15.5 Å². The number of halogens is 1. The summed E-state index contributed by atoms with van der Waals surface area (Å²) in [7, 11) is 3.94. The van der Waals surface area contributed by atoms with E-state index in [0.717, 1.165) is 41.5 Å². The number of aryl methyl sites for hydroxylation is 1. The van der Waals surface area contributed by atoms with E-state index in [1.54, 1.807) is 12.1 Å². The molecule has 30 heavy (non-hydrogen) atoms. The van der Waals surface area contributed by atoms with Gasteiger partial charge in [0.15, 0.2) is 10.6 Å². The normalized spacial score (nSPS) is 19.8. The zero-order chi connectivity index (χ0) is 21.7. The number of nitrogens with zero attached hydrogens (tertiary/aromatic N) is 3. The van der Waals surface area contributed by atoms with E-state index in [1.807, 2.05) is 44.2 Å². The van der Waals surface area contributed by atoms with E-state index in [1.165, 1.54) is 0 Å². The zero-order valence-electron chi connectivity index (χ0n) is 17.5. The van der Waals surface area contributed by atoms with Gasteiger partial charge >= 0.3 is 0 Å². The molecule has 1 unspecified atom stereocenters. The van der Waals surface area contributed by atoms with E-state index in [9.17, 15) is 9.35 Å². The Balaban J connectivity index is 1.45. The number of anilines is 2. The molecule has 1 aromatic carbocycles. The van der Waals surface area contributed by atoms with Crippen molar-refractivity contribution in [3.63, 3.8) is 0 Å². The summed E-state index contributed by atoms with van der Waals surface area (Å²) < 4.78 is 13.3. The Morgan fingerprint density at radius 1 is 1.27 bits per heavy atom. The van der Waals surface area contributed by atoms with Gasteiger partial charge in [-0.15, -0.1) is 0 Å². The monoisotopic (exact) mass is 493 g/mol. The largest absolute Gasteiger partial charge is 0.611 e. The van der Waals surface area contributed by atoms with Crippen LogP contribution in [0.1, 0.15) is 31.2 Å². The van der Waals surface area contributed by atoms with Gasteiger partial charge in [-0.3, -0.25) is 4.79 Å². The summed E-state index contributed by atoms with van der Waals surface area (Å²) >= 11 is 2.02. The number of hydrogen-bond donors (Lipinski definition) is 2. The molecule has 0 spiro atoms. The van der Waals surface area contributed by atoms with Crippen LogP contribution in [0.25, 0.3) is 0 Å². The van der Waals surface area contributed by atoms with Gasteiger partial charge in [0.05, 0.1) is 0 Å². The molecule has 162 valence electrons. The maximum Gasteiger partial charge on any atom is 0.270 e. The van der Waals surface area contributed by atoms with Gasteiger partial charge in [0, 0.05) is 48.5 Å². The lowest BCUT2D eigenvalue weighted by Crippen LogP contribution is -2.42. The molecule has 1 heterocycles. The van der Waals surface area contributed by atoms with Crippen molar-refractivity contribution in [3.05, 3.63) is 40.5 Å². The van der Waals surface area contributed by atoms with Crippen LogP contribution >= 0.6 is 15.9 Å². The number of benzene rings is 1. The number of carbonyl (C=O) groups excluding carboxylic acids is 1. The zero-order valence-corrected chi connectivity index (χ0v) is 19.9. The molecule has 1 amide bonds. The number of hydrogen-bond acceptors (Lipinski definition) is 6. The molecular weight excluding hydrogens is 466 g/mol. The lowest BCUT2D eigenvalue weighted by Gasteiger charge is -2.30. The topological polar surface area (TPSA) is 93.2 Å². The van der Waals surface area contributed by atoms with Crippen molar-refractivity contribution >= 4 is 44.8 Å². The minimum absolute atomic E-state index is 0.0147. The van der Waals surface area contributed by atoms with Crippen LogP contribution in [0.3, 0.4) is 0 Å². The van der Waals surface area contributed by atoms with Gasteiger partial charge in [0.1, 0.15) is 5.82 Å². The quantitative estimate of drug-likeness (QED) is 0.574. The van der Waals surface area contributed by atoms with Crippen molar-refractivity contribution in [3.8, 4) is 0 Å². The summed E-state index contributed by atoms with van der Waals surface area (Å²) in [6.45, 7) is 2.00. The van der Waals surface area contributed by atoms with Crippen molar-refractivity contribution in [2.45, 2.75) is 49.6 Å². The maximum atomic E-state index is 12.4. The van der Waals surface area contributed by atoms with Crippen LogP contribution in [-0.4, -0.2) is 52.4 Å². The Labute approximate surface area is 189 Å². The third kappa shape index (κ3) is 6.33. The highest BCUT2D eigenvalue weighted by molar-refractivity contribution is 9.10. The first kappa shape index (κ1) is 22.8. The Bertz CT molecular complexity index is 874. The molecule has 1 aliphatic carbocycles. The van der Waals surface area contributed by atoms with E-state index in [2.05, 4.69) is 36.5 Å². The molecule has 7 nitrogen and oxygen atoms in total. The first-order chi connectivity index (χ1) is 14.3. The summed E-state index contributed by atoms with van der Waals surface area (Å²) in [5.41, 5.74) is 1.04. The fraction of sp³-hybridized carbons (Fsp3) is 0.476. The van der Waals surface area contributed by atoms with E-state index >= 15 is 0 Å². The molecular formula is C21H28BrN5O2S. The molecule has 2 N–H and O–H groups in total. The highest BCUT2D eigenvalue weighted by Crippen LogP contribution is 2.23. The fourth-order valence-corrected chi connectivity index (χ4v) is 5.13. The third-order valence-corrected chi connectivity index (χ3v) is 6.91. The van der Waals surface area contributed by atoms with Crippen molar-refractivity contribution in [2.24, 2.45) is 0 Å². The fourth-order valence-electron chi connectivity index (χ4n) is 3.60. The molecule has 1 atom stereocenters. The highest BCUT2D eigenvalue weighted by atomic mass is 79.9. The molecule has 0 aliphatic heterocycles. The van der Waals surface area contributed by atoms with E-state index in [-0.39, 0.29) is 23.7 Å². The Morgan fingerprint density at radius 3 is 2.63 bits per heavy atom. The van der Waals surface area contributed by atoms with Gasteiger partial charge in [-0.2, -0.15) is 4.98 Å². The minimum Gasteiger partial charge on any atom is -0.611 e. The average molecular weight is 494 g/mol. The smallest absolute Gasteiger partial charge is 0.270 e. The molecule has 0 bridgehead atoms. The van der Waals surface area contributed by atoms with Crippen LogP contribution in [-0.2, 0) is 16.0 Å². The molecule has 9 heteroatoms. The first-order valence-electron chi connectivity index (χ1n) is 10.0. The molecule has 1 aliphatic rings. The SMILES string of the molecule is Cc1cnc(N[C@H]2CC[C@@H](NC(=O)C[S+]([O-])c3cccc(Br)c3)CC2)nc1N(C)C. The standard InChI is InChI=1S/C21H28BrN5O2S/c1-14-12-23-21(26-20(14)27(2)3)25-17-9-7-16(8-10-17)24-19(28)13-30(29)18-6-4-5-15(22)11-18/h4-6,11-12,16-17H,7-10,13H2,1-3H3,(H,24,28)(H,23,25,26)/t16-,17+,30?. The molecule has 3 rings (SSSR count). The number of amides is 1. The number of rotatable bonds is 7. The molecule has 1 aromatic heterocycles. The van der Waals surface area contributed by atoms with E-state index in [4.69, 9.17) is 0 Å². The van der Waals surface area contributed by atoms with Crippen LogP contribution in [0.2, 0.25) is 0 Å². The van der Waals surface area contributed by atoms with E-state index < -0.39 is 11.2 Å². The van der Waals surface area contributed by atoms with Crippen molar-refractivity contribution in [1.82, 2.24) is 15.3 Å². The second kappa shape index (κ2) is 10.5. The van der Waals surface area contributed by atoms with Gasteiger partial charge in [0.2, 0.25) is 5.95 Å². The van der Waals surface area contributed by atoms with Crippen LogP contribution in [0.5, 0.6) is 0 Å². The predicted molar refractivity (Wildman–Crippen MR) is 124 cm³/mol. The summed E-state index contributed by atoms with van der Waals surface area (Å²) in [6, 6.07) is 7.66. The van der Waals surface area contributed by atoms with Crippen molar-refractivity contribution < 1.29 is 9.35 Å². The maximum absolute atomic E-state index is 12.4. The van der Waals surface area contributed by atoms with Crippen molar-refractivity contribution in [1.29, 1.82) is 0 Å². The molecule has 1 saturated carbocycles. The highest BCUT2D eigenvalue weighted by Gasteiger charge is 2.25. The van der Waals surface area contributed by atoms with Gasteiger partial charge in [-0.05, 0) is 55.9 Å². The lowest BCUT2D eigenvalue weighted by molar-refractivity contribution is -0.119. The lowest BCUT2D eigenvalue weighted by atomic mass is 9.91. The first-order valence-corrected chi connectivity index (χ1v) is 12.1. The van der Waals surface area contributed by atoms with Gasteiger partial charge < -0.3 is 20.1 Å². The number of carbonyl (C=O) groups is 1. The summed E-state index contributed by atoms with van der Waals surface area (Å²) in [6.07, 6.45) is 5.43. The van der Waals surface area contributed by atoms with Crippen LogP contribution in [0.15, 0.2) is 39.8 Å². The minimum atomic E-state index is -1.34. The van der Waals surface area contributed by atoms with Crippen molar-refractivity contribution in [2.75, 3.05) is 30.1 Å². The van der Waals surface area contributed by atoms with Gasteiger partial charge in [-0.25, -0.2) is 4.98 Å². The summed E-state index contributed by atoms with van der Waals surface area (Å²) in [4.78, 5) is 24.0. The Hall–Kier alpha value is -1.84. The second-order valence-electron chi connectivity index (χ2n) is 7.80. The van der Waals surface area contributed by atoms with Crippen LogP contribution in [0, 0.1) is 6.92 Å². The van der Waals surface area contributed by atoms with Gasteiger partial charge in [-0.1, -0.05) is 22.0 Å². The molecule has 2 aromatic rings. The van der Waals surface area contributed by atoms with E-state index in [0.29, 0.717) is 10.8 Å². The number of aromatic nitrogens is 2. The summed E-state index contributed by atoms with van der Waals surface area (Å²) in [5, 5.41) is 6.46. The predicted octanol–water partition coefficient (Wildman–Crippen LogP) is 3.26. The second-order valence-corrected chi connectivity index (χ2v) is 10.2. The molecule has 1 fully saturated rings. The van der Waals surface area contributed by atoms with Gasteiger partial charge in [0.25, 0.3) is 5.91 Å². The number of nitrogens with one attached hydrogen (secondary N) is 2. The summed E-state index contributed by atoms with van der Waals surface area (Å²) in [5.74, 6) is 1.37. The third-order valence-electron chi connectivity index (χ3n) is 5.12. The Morgan fingerprint density at radius 2 is 1.97 bits per heavy atom. The average Bonchev–Trinajstić information content (AvgIpc) is 2.70. The molecule has 0 radical (unpaired) electrons. The van der Waals surface area contributed by atoms with Crippen LogP contribution in [0.4, 0.5) is 11.8 Å². The Kier molecular flexibility index (Phi) is 7.96.